The van der Waals surface area contributed by atoms with Crippen LogP contribution < -0.4 is 5.32 Å². The van der Waals surface area contributed by atoms with Crippen molar-refractivity contribution in [1.29, 1.82) is 0 Å². The topological polar surface area (TPSA) is 98.3 Å². The summed E-state index contributed by atoms with van der Waals surface area (Å²) >= 11 is 8.34. The summed E-state index contributed by atoms with van der Waals surface area (Å²) in [6.07, 6.45) is -10.2. The van der Waals surface area contributed by atoms with E-state index in [2.05, 4.69) is 15.9 Å². The fraction of sp³-hybridized carbons (Fsp3) is 0.143. The van der Waals surface area contributed by atoms with Gasteiger partial charge in [-0.15, -0.1) is 0 Å². The van der Waals surface area contributed by atoms with E-state index >= 15 is 0 Å². The lowest BCUT2D eigenvalue weighted by atomic mass is 10.1. The monoisotopic (exact) mass is 507 g/mol. The first-order chi connectivity index (χ1) is 13.1. The minimum Gasteiger partial charge on any atom is -0.347 e. The minimum atomic E-state index is -5.32. The van der Waals surface area contributed by atoms with Crippen LogP contribution in [-0.4, -0.2) is 9.85 Å². The number of halogens is 8. The fourth-order valence-electron chi connectivity index (χ4n) is 2.23. The fourth-order valence-corrected chi connectivity index (χ4v) is 3.22. The number of hydrogen-bond acceptors (Lipinski definition) is 5. The van der Waals surface area contributed by atoms with E-state index in [0.29, 0.717) is 6.07 Å². The van der Waals surface area contributed by atoms with Crippen molar-refractivity contribution in [3.05, 3.63) is 65.1 Å². The van der Waals surface area contributed by atoms with Crippen LogP contribution in [0.1, 0.15) is 11.1 Å². The summed E-state index contributed by atoms with van der Waals surface area (Å²) < 4.78 is 78.5. The Labute approximate surface area is 169 Å². The Balaban J connectivity index is 2.83. The van der Waals surface area contributed by atoms with Gasteiger partial charge in [0, 0.05) is 6.07 Å². The molecule has 0 unspecified atom stereocenters. The number of nitrogens with zero attached hydrogens (tertiary/aromatic N) is 2. The molecular formula is C14H5BrClF6N3O4. The van der Waals surface area contributed by atoms with Crippen molar-refractivity contribution >= 4 is 50.3 Å². The zero-order valence-electron chi connectivity index (χ0n) is 13.4. The van der Waals surface area contributed by atoms with Gasteiger partial charge in [-0.05, 0) is 28.1 Å². The Kier molecular flexibility index (Phi) is 5.99. The van der Waals surface area contributed by atoms with Crippen LogP contribution in [0.25, 0.3) is 0 Å². The van der Waals surface area contributed by atoms with Crippen molar-refractivity contribution in [3.8, 4) is 0 Å². The van der Waals surface area contributed by atoms with Gasteiger partial charge in [-0.25, -0.2) is 0 Å². The Morgan fingerprint density at radius 2 is 1.45 bits per heavy atom. The summed E-state index contributed by atoms with van der Waals surface area (Å²) in [5.74, 6) is 0. The number of nitro benzene ring substituents is 2. The molecule has 0 spiro atoms. The van der Waals surface area contributed by atoms with E-state index in [0.717, 1.165) is 6.07 Å². The molecule has 15 heteroatoms. The second-order valence-electron chi connectivity index (χ2n) is 5.31. The molecule has 29 heavy (non-hydrogen) atoms. The summed E-state index contributed by atoms with van der Waals surface area (Å²) in [6, 6.07) is 1.53. The average Bonchev–Trinajstić information content (AvgIpc) is 2.55. The summed E-state index contributed by atoms with van der Waals surface area (Å²) in [4.78, 5) is 19.4. The maximum Gasteiger partial charge on any atom is 0.418 e. The highest BCUT2D eigenvalue weighted by atomic mass is 79.9. The molecule has 0 heterocycles. The van der Waals surface area contributed by atoms with Gasteiger partial charge in [-0.1, -0.05) is 11.6 Å². The van der Waals surface area contributed by atoms with Crippen LogP contribution in [0.3, 0.4) is 0 Å². The van der Waals surface area contributed by atoms with E-state index in [1.165, 1.54) is 0 Å². The standard InChI is InChI=1S/C14H5BrClF6N3O4/c15-10-6(13(17,18)19)1-2-8(16)12(10)23-11-7(14(20,21)22)3-5(24(26)27)4-9(11)25(28)29/h1-4,23H. The SMILES string of the molecule is O=[N+]([O-])c1cc([N+](=O)[O-])c(Nc2c(Cl)ccc(C(F)(F)F)c2Br)c(C(F)(F)F)c1. The number of benzene rings is 2. The average molecular weight is 509 g/mol. The number of hydrogen-bond donors (Lipinski definition) is 1. The van der Waals surface area contributed by atoms with E-state index in [-0.39, 0.29) is 12.1 Å². The predicted octanol–water partition coefficient (Wildman–Crippen LogP) is 6.70. The lowest BCUT2D eigenvalue weighted by Crippen LogP contribution is -2.13. The van der Waals surface area contributed by atoms with Gasteiger partial charge in [0.25, 0.3) is 11.4 Å². The number of non-ortho nitro benzene ring substituents is 1. The quantitative estimate of drug-likeness (QED) is 0.281. The van der Waals surface area contributed by atoms with Crippen molar-refractivity contribution < 1.29 is 36.2 Å². The molecule has 0 aliphatic heterocycles. The van der Waals surface area contributed by atoms with Crippen molar-refractivity contribution in [3.63, 3.8) is 0 Å². The molecule has 0 amide bonds. The van der Waals surface area contributed by atoms with Gasteiger partial charge in [0.05, 0.1) is 42.2 Å². The molecule has 0 saturated carbocycles. The van der Waals surface area contributed by atoms with E-state index in [1.54, 1.807) is 0 Å². The predicted molar refractivity (Wildman–Crippen MR) is 92.2 cm³/mol. The Bertz CT molecular complexity index is 1010. The Morgan fingerprint density at radius 1 is 0.897 bits per heavy atom. The highest BCUT2D eigenvalue weighted by Crippen LogP contribution is 2.47. The molecule has 0 atom stereocenters. The second kappa shape index (κ2) is 7.67. The Morgan fingerprint density at radius 3 is 1.90 bits per heavy atom. The second-order valence-corrected chi connectivity index (χ2v) is 6.51. The van der Waals surface area contributed by atoms with Crippen LogP contribution in [0.4, 0.5) is 49.1 Å². The van der Waals surface area contributed by atoms with E-state index in [4.69, 9.17) is 11.6 Å². The third-order valence-electron chi connectivity index (χ3n) is 3.46. The molecular weight excluding hydrogens is 504 g/mol. The van der Waals surface area contributed by atoms with Crippen LogP contribution >= 0.6 is 27.5 Å². The van der Waals surface area contributed by atoms with Crippen LogP contribution in [0.15, 0.2) is 28.7 Å². The smallest absolute Gasteiger partial charge is 0.347 e. The van der Waals surface area contributed by atoms with E-state index < -0.39 is 65.6 Å². The van der Waals surface area contributed by atoms with Crippen LogP contribution in [-0.2, 0) is 12.4 Å². The van der Waals surface area contributed by atoms with Gasteiger partial charge in [-0.2, -0.15) is 26.3 Å². The molecule has 2 aromatic carbocycles. The van der Waals surface area contributed by atoms with Gasteiger partial charge >= 0.3 is 12.4 Å². The van der Waals surface area contributed by atoms with E-state index in [1.807, 2.05) is 5.32 Å². The highest BCUT2D eigenvalue weighted by molar-refractivity contribution is 9.10. The molecule has 0 aromatic heterocycles. The largest absolute Gasteiger partial charge is 0.418 e. The third kappa shape index (κ3) is 4.70. The molecule has 1 N–H and O–H groups in total. The van der Waals surface area contributed by atoms with Crippen LogP contribution in [0.5, 0.6) is 0 Å². The highest BCUT2D eigenvalue weighted by Gasteiger charge is 2.41. The van der Waals surface area contributed by atoms with Gasteiger partial charge in [0.15, 0.2) is 0 Å². The van der Waals surface area contributed by atoms with Gasteiger partial charge in [-0.3, -0.25) is 20.2 Å². The lowest BCUT2D eigenvalue weighted by Gasteiger charge is -2.18. The van der Waals surface area contributed by atoms with Crippen LogP contribution in [0.2, 0.25) is 5.02 Å². The summed E-state index contributed by atoms with van der Waals surface area (Å²) in [7, 11) is 0. The number of anilines is 2. The lowest BCUT2D eigenvalue weighted by molar-refractivity contribution is -0.394. The molecule has 0 aliphatic carbocycles. The maximum absolute atomic E-state index is 13.4. The van der Waals surface area contributed by atoms with Crippen molar-refractivity contribution in [2.24, 2.45) is 0 Å². The van der Waals surface area contributed by atoms with Crippen molar-refractivity contribution in [2.75, 3.05) is 5.32 Å². The Hall–Kier alpha value is -2.61. The van der Waals surface area contributed by atoms with Crippen molar-refractivity contribution in [1.82, 2.24) is 0 Å². The number of nitrogens with one attached hydrogen (secondary N) is 1. The summed E-state index contributed by atoms with van der Waals surface area (Å²) in [5, 5.41) is 23.4. The molecule has 0 aliphatic rings. The maximum atomic E-state index is 13.4. The van der Waals surface area contributed by atoms with Crippen molar-refractivity contribution in [2.45, 2.75) is 12.4 Å². The minimum absolute atomic E-state index is 0.0186. The molecule has 0 saturated heterocycles. The van der Waals surface area contributed by atoms with E-state index in [9.17, 15) is 46.6 Å². The van der Waals surface area contributed by atoms with Gasteiger partial charge in [0.1, 0.15) is 5.69 Å². The number of alkyl halides is 6. The molecule has 2 rings (SSSR count). The molecule has 7 nitrogen and oxygen atoms in total. The first-order valence-corrected chi connectivity index (χ1v) is 8.18. The summed E-state index contributed by atoms with van der Waals surface area (Å²) in [5.41, 5.74) is -7.82. The molecule has 0 fully saturated rings. The molecule has 156 valence electrons. The first-order valence-electron chi connectivity index (χ1n) is 7.00. The number of nitro groups is 2. The van der Waals surface area contributed by atoms with Gasteiger partial charge < -0.3 is 5.32 Å². The third-order valence-corrected chi connectivity index (χ3v) is 4.60. The van der Waals surface area contributed by atoms with Crippen LogP contribution in [0, 0.1) is 20.2 Å². The molecule has 2 aromatic rings. The number of rotatable bonds is 4. The molecule has 0 radical (unpaired) electrons. The zero-order valence-corrected chi connectivity index (χ0v) is 15.7. The van der Waals surface area contributed by atoms with Gasteiger partial charge in [0.2, 0.25) is 0 Å². The summed E-state index contributed by atoms with van der Waals surface area (Å²) in [6.45, 7) is 0. The zero-order chi connectivity index (χ0) is 22.3. The first kappa shape index (κ1) is 22.7. The molecule has 0 bridgehead atoms. The normalized spacial score (nSPS) is 12.0.